The molecular formula is C24H35N. The van der Waals surface area contributed by atoms with Gasteiger partial charge in [0.2, 0.25) is 0 Å². The van der Waals surface area contributed by atoms with E-state index in [0.717, 1.165) is 12.0 Å². The first-order valence-electron chi connectivity index (χ1n) is 10.3. The van der Waals surface area contributed by atoms with E-state index in [0.29, 0.717) is 0 Å². The molecule has 25 heavy (non-hydrogen) atoms. The Hall–Kier alpha value is -1.34. The molecule has 0 unspecified atom stereocenters. The van der Waals surface area contributed by atoms with Crippen LogP contribution in [0.2, 0.25) is 0 Å². The highest BCUT2D eigenvalue weighted by Gasteiger charge is 2.25. The van der Waals surface area contributed by atoms with Gasteiger partial charge in [-0.2, -0.15) is 0 Å². The van der Waals surface area contributed by atoms with Crippen LogP contribution in [-0.2, 0) is 6.42 Å². The van der Waals surface area contributed by atoms with Crippen LogP contribution >= 0.6 is 0 Å². The smallest absolute Gasteiger partial charge is 0.00926 e. The lowest BCUT2D eigenvalue weighted by atomic mass is 9.79. The molecule has 1 aromatic carbocycles. The zero-order chi connectivity index (χ0) is 17.6. The van der Waals surface area contributed by atoms with E-state index < -0.39 is 0 Å². The summed E-state index contributed by atoms with van der Waals surface area (Å²) in [4.78, 5) is 2.63. The molecular weight excluding hydrogens is 302 g/mol. The van der Waals surface area contributed by atoms with Gasteiger partial charge in [-0.25, -0.2) is 0 Å². The summed E-state index contributed by atoms with van der Waals surface area (Å²) < 4.78 is 0. The largest absolute Gasteiger partial charge is 0.303 e. The summed E-state index contributed by atoms with van der Waals surface area (Å²) in [5.74, 6) is 0.830. The van der Waals surface area contributed by atoms with Gasteiger partial charge in [0.25, 0.3) is 0 Å². The van der Waals surface area contributed by atoms with Crippen molar-refractivity contribution < 1.29 is 0 Å². The Kier molecular flexibility index (Phi) is 6.53. The fourth-order valence-electron chi connectivity index (χ4n) is 4.61. The first-order valence-corrected chi connectivity index (χ1v) is 10.3. The Morgan fingerprint density at radius 1 is 1.04 bits per heavy atom. The molecule has 136 valence electrons. The minimum Gasteiger partial charge on any atom is -0.303 e. The number of benzene rings is 1. The van der Waals surface area contributed by atoms with Crippen molar-refractivity contribution in [1.82, 2.24) is 4.90 Å². The van der Waals surface area contributed by atoms with Crippen molar-refractivity contribution in [2.75, 3.05) is 13.6 Å². The second-order valence-electron chi connectivity index (χ2n) is 8.20. The molecule has 1 heteroatoms. The van der Waals surface area contributed by atoms with Crippen LogP contribution in [0.1, 0.15) is 61.6 Å². The molecule has 0 bridgehead atoms. The summed E-state index contributed by atoms with van der Waals surface area (Å²) in [6, 6.07) is 7.68. The lowest BCUT2D eigenvalue weighted by Crippen LogP contribution is -2.36. The van der Waals surface area contributed by atoms with Gasteiger partial charge in [-0.1, -0.05) is 42.0 Å². The molecule has 0 heterocycles. The lowest BCUT2D eigenvalue weighted by molar-refractivity contribution is 0.173. The van der Waals surface area contributed by atoms with Gasteiger partial charge in [0.1, 0.15) is 0 Å². The van der Waals surface area contributed by atoms with Crippen molar-refractivity contribution in [2.24, 2.45) is 5.92 Å². The minimum atomic E-state index is 0.795. The highest BCUT2D eigenvalue weighted by Crippen LogP contribution is 2.34. The van der Waals surface area contributed by atoms with Crippen molar-refractivity contribution >= 4 is 0 Å². The van der Waals surface area contributed by atoms with Gasteiger partial charge in [0.15, 0.2) is 0 Å². The molecule has 2 aliphatic rings. The van der Waals surface area contributed by atoms with Gasteiger partial charge in [-0.3, -0.25) is 0 Å². The summed E-state index contributed by atoms with van der Waals surface area (Å²) in [5.41, 5.74) is 5.98. The van der Waals surface area contributed by atoms with Crippen LogP contribution < -0.4 is 0 Å². The molecule has 0 aromatic heterocycles. The van der Waals surface area contributed by atoms with E-state index in [2.05, 4.69) is 62.2 Å². The van der Waals surface area contributed by atoms with Crippen molar-refractivity contribution in [1.29, 1.82) is 0 Å². The molecule has 0 N–H and O–H groups in total. The SMILES string of the molecule is Cc1ccc(CCCN(C)C2CCC(C3=CCCC=C3)CC2)c(C)c1. The predicted octanol–water partition coefficient (Wildman–Crippen LogP) is 6.00. The van der Waals surface area contributed by atoms with E-state index in [1.807, 2.05) is 0 Å². The quantitative estimate of drug-likeness (QED) is 0.615. The van der Waals surface area contributed by atoms with Crippen LogP contribution in [0.25, 0.3) is 0 Å². The zero-order valence-corrected chi connectivity index (χ0v) is 16.4. The van der Waals surface area contributed by atoms with E-state index in [4.69, 9.17) is 0 Å². The Labute approximate surface area is 154 Å². The molecule has 0 atom stereocenters. The fourth-order valence-corrected chi connectivity index (χ4v) is 4.61. The molecule has 1 nitrogen and oxygen atoms in total. The third-order valence-corrected chi connectivity index (χ3v) is 6.27. The maximum Gasteiger partial charge on any atom is 0.00926 e. The minimum absolute atomic E-state index is 0.795. The topological polar surface area (TPSA) is 3.24 Å². The fraction of sp³-hybridized carbons (Fsp3) is 0.583. The first kappa shape index (κ1) is 18.5. The van der Waals surface area contributed by atoms with Gasteiger partial charge < -0.3 is 4.90 Å². The van der Waals surface area contributed by atoms with Crippen molar-refractivity contribution in [3.05, 3.63) is 58.7 Å². The number of hydrogen-bond acceptors (Lipinski definition) is 1. The first-order chi connectivity index (χ1) is 12.1. The van der Waals surface area contributed by atoms with Gasteiger partial charge in [-0.15, -0.1) is 0 Å². The maximum atomic E-state index is 2.63. The summed E-state index contributed by atoms with van der Waals surface area (Å²) >= 11 is 0. The summed E-state index contributed by atoms with van der Waals surface area (Å²) in [7, 11) is 2.34. The van der Waals surface area contributed by atoms with E-state index in [-0.39, 0.29) is 0 Å². The Bertz CT molecular complexity index is 617. The second kappa shape index (κ2) is 8.85. The van der Waals surface area contributed by atoms with E-state index in [9.17, 15) is 0 Å². The lowest BCUT2D eigenvalue weighted by Gasteiger charge is -2.35. The Morgan fingerprint density at radius 3 is 2.52 bits per heavy atom. The van der Waals surface area contributed by atoms with Crippen LogP contribution in [0.5, 0.6) is 0 Å². The summed E-state index contributed by atoms with van der Waals surface area (Å²) in [6.07, 6.45) is 17.7. The second-order valence-corrected chi connectivity index (χ2v) is 8.20. The molecule has 3 rings (SSSR count). The number of hydrogen-bond donors (Lipinski definition) is 0. The van der Waals surface area contributed by atoms with Crippen LogP contribution in [-0.4, -0.2) is 24.5 Å². The van der Waals surface area contributed by atoms with Crippen LogP contribution in [0.3, 0.4) is 0 Å². The van der Waals surface area contributed by atoms with E-state index >= 15 is 0 Å². The van der Waals surface area contributed by atoms with E-state index in [1.165, 1.54) is 74.6 Å². The average molecular weight is 338 g/mol. The molecule has 2 aliphatic carbocycles. The van der Waals surface area contributed by atoms with Crippen molar-refractivity contribution in [3.63, 3.8) is 0 Å². The Morgan fingerprint density at radius 2 is 1.84 bits per heavy atom. The third-order valence-electron chi connectivity index (χ3n) is 6.27. The molecule has 1 fully saturated rings. The highest BCUT2D eigenvalue weighted by atomic mass is 15.1. The summed E-state index contributed by atoms with van der Waals surface area (Å²) in [5, 5.41) is 0. The average Bonchev–Trinajstić information content (AvgIpc) is 2.64. The number of allylic oxidation sites excluding steroid dienone is 4. The van der Waals surface area contributed by atoms with Crippen molar-refractivity contribution in [2.45, 2.75) is 71.3 Å². The molecule has 0 amide bonds. The number of aryl methyl sites for hydroxylation is 3. The molecule has 0 spiro atoms. The standard InChI is InChI=1S/C24H35N/c1-19-11-12-21(20(2)18-19)10-7-17-25(3)24-15-13-23(14-16-24)22-8-5-4-6-9-22/h5,8-9,11-12,18,23-24H,4,6-7,10,13-17H2,1-3H3. The highest BCUT2D eigenvalue weighted by molar-refractivity contribution is 5.30. The van der Waals surface area contributed by atoms with Crippen LogP contribution in [0, 0.1) is 19.8 Å². The molecule has 0 saturated heterocycles. The van der Waals surface area contributed by atoms with Gasteiger partial charge >= 0.3 is 0 Å². The van der Waals surface area contributed by atoms with Gasteiger partial charge in [0.05, 0.1) is 0 Å². The maximum absolute atomic E-state index is 2.63. The van der Waals surface area contributed by atoms with Crippen LogP contribution in [0.15, 0.2) is 42.0 Å². The number of nitrogens with zero attached hydrogens (tertiary/aromatic N) is 1. The Balaban J connectivity index is 1.41. The third kappa shape index (κ3) is 5.07. The normalized spacial score (nSPS) is 23.8. The van der Waals surface area contributed by atoms with Gasteiger partial charge in [-0.05, 0) is 101 Å². The number of rotatable bonds is 6. The van der Waals surface area contributed by atoms with Crippen molar-refractivity contribution in [3.8, 4) is 0 Å². The van der Waals surface area contributed by atoms with Crippen LogP contribution in [0.4, 0.5) is 0 Å². The zero-order valence-electron chi connectivity index (χ0n) is 16.4. The molecule has 1 saturated carbocycles. The van der Waals surface area contributed by atoms with Gasteiger partial charge in [0, 0.05) is 6.04 Å². The summed E-state index contributed by atoms with van der Waals surface area (Å²) in [6.45, 7) is 5.66. The monoisotopic (exact) mass is 337 g/mol. The molecule has 0 aliphatic heterocycles. The predicted molar refractivity (Wildman–Crippen MR) is 109 cm³/mol. The van der Waals surface area contributed by atoms with E-state index in [1.54, 1.807) is 5.57 Å². The molecule has 1 aromatic rings. The molecule has 0 radical (unpaired) electrons.